The van der Waals surface area contributed by atoms with E-state index in [1.807, 2.05) is 0 Å². The monoisotopic (exact) mass is 194 g/mol. The Balaban J connectivity index is 2.44. The summed E-state index contributed by atoms with van der Waals surface area (Å²) in [4.78, 5) is 10.1. The number of nitrogens with two attached hydrogens (primary N) is 1. The van der Waals surface area contributed by atoms with Gasteiger partial charge >= 0.3 is 0 Å². The van der Waals surface area contributed by atoms with Gasteiger partial charge in [-0.2, -0.15) is 0 Å². The van der Waals surface area contributed by atoms with Gasteiger partial charge in [0.2, 0.25) is 0 Å². The van der Waals surface area contributed by atoms with E-state index < -0.39 is 4.92 Å². The molecule has 1 atom stereocenters. The Hall–Kier alpha value is -1.46. The van der Waals surface area contributed by atoms with Gasteiger partial charge in [-0.25, -0.2) is 0 Å². The molecule has 0 saturated heterocycles. The van der Waals surface area contributed by atoms with Crippen molar-refractivity contribution in [3.05, 3.63) is 39.4 Å². The molecule has 2 N–H and O–H groups in total. The summed E-state index contributed by atoms with van der Waals surface area (Å²) in [5.74, 6) is 0. The Morgan fingerprint density at radius 2 is 2.36 bits per heavy atom. The van der Waals surface area contributed by atoms with Gasteiger partial charge in [0.15, 0.2) is 0 Å². The van der Waals surface area contributed by atoms with E-state index >= 15 is 0 Å². The molecule has 2 rings (SSSR count). The Bertz CT molecular complexity index is 378. The minimum atomic E-state index is -0.416. The average molecular weight is 194 g/mol. The Labute approximate surface area is 80.6 Å². The van der Waals surface area contributed by atoms with Crippen molar-refractivity contribution in [2.24, 2.45) is 5.73 Å². The highest BCUT2D eigenvalue weighted by Gasteiger charge is 2.19. The molecule has 74 valence electrons. The minimum absolute atomic E-state index is 0.0847. The van der Waals surface area contributed by atoms with Crippen LogP contribution in [0.4, 0.5) is 5.69 Å². The fourth-order valence-electron chi connectivity index (χ4n) is 1.58. The largest absolute Gasteiger partial charge is 0.375 e. The van der Waals surface area contributed by atoms with Crippen LogP contribution in [0.25, 0.3) is 0 Å². The zero-order valence-electron chi connectivity index (χ0n) is 7.47. The number of non-ortho nitro benzene ring substituents is 1. The molecule has 0 saturated carbocycles. The first-order valence-corrected chi connectivity index (χ1v) is 4.29. The maximum absolute atomic E-state index is 10.5. The van der Waals surface area contributed by atoms with Gasteiger partial charge in [0, 0.05) is 12.1 Å². The van der Waals surface area contributed by atoms with E-state index in [2.05, 4.69) is 0 Å². The molecule has 14 heavy (non-hydrogen) atoms. The quantitative estimate of drug-likeness (QED) is 0.536. The van der Waals surface area contributed by atoms with Crippen molar-refractivity contribution in [2.75, 3.05) is 6.61 Å². The molecule has 0 bridgehead atoms. The zero-order chi connectivity index (χ0) is 10.1. The highest BCUT2D eigenvalue weighted by molar-refractivity contribution is 5.41. The van der Waals surface area contributed by atoms with E-state index in [4.69, 9.17) is 10.5 Å². The van der Waals surface area contributed by atoms with Gasteiger partial charge in [-0.3, -0.25) is 10.1 Å². The SMILES string of the molecule is NC1COCc2cc([N+](=O)[O-])ccc21. The zero-order valence-corrected chi connectivity index (χ0v) is 7.47. The molecule has 0 radical (unpaired) electrons. The summed E-state index contributed by atoms with van der Waals surface area (Å²) in [7, 11) is 0. The van der Waals surface area contributed by atoms with Crippen molar-refractivity contribution < 1.29 is 9.66 Å². The second kappa shape index (κ2) is 3.36. The summed E-state index contributed by atoms with van der Waals surface area (Å²) in [5, 5.41) is 10.5. The molecule has 5 nitrogen and oxygen atoms in total. The normalized spacial score (nSPS) is 20.2. The molecule has 0 spiro atoms. The highest BCUT2D eigenvalue weighted by Crippen LogP contribution is 2.26. The van der Waals surface area contributed by atoms with Crippen molar-refractivity contribution >= 4 is 5.69 Å². The van der Waals surface area contributed by atoms with Gasteiger partial charge in [0.05, 0.1) is 24.2 Å². The highest BCUT2D eigenvalue weighted by atomic mass is 16.6. The van der Waals surface area contributed by atoms with Crippen LogP contribution in [0.3, 0.4) is 0 Å². The summed E-state index contributed by atoms with van der Waals surface area (Å²) in [6, 6.07) is 4.54. The number of hydrogen-bond donors (Lipinski definition) is 1. The van der Waals surface area contributed by atoms with E-state index in [1.165, 1.54) is 12.1 Å². The van der Waals surface area contributed by atoms with Crippen LogP contribution in [0, 0.1) is 10.1 Å². The Kier molecular flexibility index (Phi) is 2.18. The van der Waals surface area contributed by atoms with Crippen LogP contribution in [0.5, 0.6) is 0 Å². The number of ether oxygens (including phenoxy) is 1. The van der Waals surface area contributed by atoms with Crippen LogP contribution >= 0.6 is 0 Å². The molecule has 0 fully saturated rings. The lowest BCUT2D eigenvalue weighted by atomic mass is 9.99. The van der Waals surface area contributed by atoms with Gasteiger partial charge in [0.1, 0.15) is 0 Å². The molecular weight excluding hydrogens is 184 g/mol. The molecule has 1 unspecified atom stereocenters. The molecule has 1 aliphatic rings. The van der Waals surface area contributed by atoms with Crippen LogP contribution in [0.2, 0.25) is 0 Å². The molecule has 0 aromatic heterocycles. The second-order valence-corrected chi connectivity index (χ2v) is 3.26. The molecular formula is C9H10N2O3. The lowest BCUT2D eigenvalue weighted by molar-refractivity contribution is -0.385. The predicted octanol–water partition coefficient (Wildman–Crippen LogP) is 1.12. The molecule has 5 heteroatoms. The van der Waals surface area contributed by atoms with E-state index in [0.717, 1.165) is 11.1 Å². The molecule has 0 aliphatic carbocycles. The number of benzene rings is 1. The first-order chi connectivity index (χ1) is 6.68. The Morgan fingerprint density at radius 1 is 1.57 bits per heavy atom. The lowest BCUT2D eigenvalue weighted by Crippen LogP contribution is -2.23. The smallest absolute Gasteiger partial charge is 0.269 e. The standard InChI is InChI=1S/C9H10N2O3/c10-9-5-14-4-6-3-7(11(12)13)1-2-8(6)9/h1-3,9H,4-5,10H2. The van der Waals surface area contributed by atoms with Gasteiger partial charge in [-0.15, -0.1) is 0 Å². The van der Waals surface area contributed by atoms with Crippen molar-refractivity contribution in [2.45, 2.75) is 12.6 Å². The number of nitrogens with zero attached hydrogens (tertiary/aromatic N) is 1. The van der Waals surface area contributed by atoms with Crippen molar-refractivity contribution in [1.29, 1.82) is 0 Å². The number of rotatable bonds is 1. The minimum Gasteiger partial charge on any atom is -0.375 e. The van der Waals surface area contributed by atoms with Crippen LogP contribution in [-0.4, -0.2) is 11.5 Å². The number of fused-ring (bicyclic) bond motifs is 1. The van der Waals surface area contributed by atoms with Crippen molar-refractivity contribution in [3.63, 3.8) is 0 Å². The van der Waals surface area contributed by atoms with E-state index in [1.54, 1.807) is 6.07 Å². The average Bonchev–Trinajstić information content (AvgIpc) is 2.17. The third-order valence-corrected chi connectivity index (χ3v) is 2.29. The first kappa shape index (κ1) is 9.11. The molecule has 1 aliphatic heterocycles. The second-order valence-electron chi connectivity index (χ2n) is 3.26. The topological polar surface area (TPSA) is 78.4 Å². The molecule has 0 amide bonds. The van der Waals surface area contributed by atoms with Gasteiger partial charge in [0.25, 0.3) is 5.69 Å². The van der Waals surface area contributed by atoms with Crippen LogP contribution in [0.15, 0.2) is 18.2 Å². The van der Waals surface area contributed by atoms with Crippen LogP contribution in [-0.2, 0) is 11.3 Å². The maximum atomic E-state index is 10.5. The summed E-state index contributed by atoms with van der Waals surface area (Å²) in [5.41, 5.74) is 7.63. The molecule has 1 aromatic rings. The fourth-order valence-corrected chi connectivity index (χ4v) is 1.58. The van der Waals surface area contributed by atoms with Crippen molar-refractivity contribution in [3.8, 4) is 0 Å². The van der Waals surface area contributed by atoms with E-state index in [0.29, 0.717) is 13.2 Å². The Morgan fingerprint density at radius 3 is 3.07 bits per heavy atom. The molecule has 1 heterocycles. The lowest BCUT2D eigenvalue weighted by Gasteiger charge is -2.21. The maximum Gasteiger partial charge on any atom is 0.269 e. The van der Waals surface area contributed by atoms with Gasteiger partial charge in [-0.1, -0.05) is 6.07 Å². The van der Waals surface area contributed by atoms with E-state index in [9.17, 15) is 10.1 Å². The third-order valence-electron chi connectivity index (χ3n) is 2.29. The van der Waals surface area contributed by atoms with Crippen LogP contribution in [0.1, 0.15) is 17.2 Å². The summed E-state index contributed by atoms with van der Waals surface area (Å²) >= 11 is 0. The van der Waals surface area contributed by atoms with Gasteiger partial charge < -0.3 is 10.5 Å². The summed E-state index contributed by atoms with van der Waals surface area (Å²) in [6.45, 7) is 0.884. The number of nitro benzene ring substituents is 1. The van der Waals surface area contributed by atoms with Crippen molar-refractivity contribution in [1.82, 2.24) is 0 Å². The summed E-state index contributed by atoms with van der Waals surface area (Å²) < 4.78 is 5.20. The molecule has 1 aromatic carbocycles. The van der Waals surface area contributed by atoms with Crippen LogP contribution < -0.4 is 5.73 Å². The van der Waals surface area contributed by atoms with E-state index in [-0.39, 0.29) is 11.7 Å². The third kappa shape index (κ3) is 1.47. The first-order valence-electron chi connectivity index (χ1n) is 4.29. The predicted molar refractivity (Wildman–Crippen MR) is 49.7 cm³/mol. The summed E-state index contributed by atoms with van der Waals surface area (Å²) in [6.07, 6.45) is 0. The number of nitro groups is 1. The van der Waals surface area contributed by atoms with Gasteiger partial charge in [-0.05, 0) is 11.1 Å². The fraction of sp³-hybridized carbons (Fsp3) is 0.333. The number of hydrogen-bond acceptors (Lipinski definition) is 4.